The van der Waals surface area contributed by atoms with Crippen LogP contribution in [0, 0.1) is 37.3 Å². The van der Waals surface area contributed by atoms with Crippen molar-refractivity contribution in [1.29, 1.82) is 0 Å². The Morgan fingerprint density at radius 3 is 0.893 bits per heavy atom. The molecule has 3 atom stereocenters. The first kappa shape index (κ1) is 26.1. The van der Waals surface area contributed by atoms with E-state index in [1.165, 1.54) is 0 Å². The van der Waals surface area contributed by atoms with Gasteiger partial charge in [0.05, 0.1) is 17.7 Å². The molecule has 0 aromatic heterocycles. The van der Waals surface area contributed by atoms with Crippen LogP contribution < -0.4 is 0 Å². The number of amides is 3. The van der Waals surface area contributed by atoms with Gasteiger partial charge in [0.15, 0.2) is 0 Å². The van der Waals surface area contributed by atoms with E-state index in [1.54, 1.807) is 0 Å². The summed E-state index contributed by atoms with van der Waals surface area (Å²) in [6.07, 6.45) is 1.97. The van der Waals surface area contributed by atoms with Gasteiger partial charge in [-0.05, 0) is 37.4 Å². The van der Waals surface area contributed by atoms with E-state index in [9.17, 15) is 28.8 Å². The maximum Gasteiger partial charge on any atom is 3.00 e. The zero-order valence-electron chi connectivity index (χ0n) is 14.4. The van der Waals surface area contributed by atoms with E-state index in [-0.39, 0.29) is 74.3 Å². The molecule has 13 heteroatoms. The third kappa shape index (κ3) is 9.32. The summed E-state index contributed by atoms with van der Waals surface area (Å²) in [4.78, 5) is 61.3. The van der Waals surface area contributed by atoms with E-state index >= 15 is 0 Å². The van der Waals surface area contributed by atoms with E-state index in [2.05, 4.69) is 16.0 Å². The van der Waals surface area contributed by atoms with Gasteiger partial charge in [-0.3, -0.25) is 14.4 Å². The summed E-state index contributed by atoms with van der Waals surface area (Å²) >= 11 is 0. The van der Waals surface area contributed by atoms with Gasteiger partial charge in [-0.15, -0.1) is 0 Å². The molecule has 3 amide bonds. The molecule has 3 saturated heterocycles. The van der Waals surface area contributed by atoms with Gasteiger partial charge >= 0.3 is 37.3 Å². The minimum Gasteiger partial charge on any atom is -0.642 e. The molecule has 28 heavy (non-hydrogen) atoms. The number of nitrogens with zero attached hydrogens (tertiary/aromatic N) is 3. The molecule has 0 aliphatic carbocycles. The number of rotatable bonds is 3. The number of carboxylic acids is 3. The molecule has 3 heterocycles. The van der Waals surface area contributed by atoms with Crippen molar-refractivity contribution < 1.29 is 81.4 Å². The van der Waals surface area contributed by atoms with Gasteiger partial charge in [-0.25, -0.2) is 0 Å². The molecule has 1 radical (unpaired) electrons. The molecule has 3 N–H and O–H groups in total. The Bertz CT molecular complexity index is 555. The summed E-state index contributed by atoms with van der Waals surface area (Å²) in [5, 5.41) is 34.9. The van der Waals surface area contributed by atoms with Crippen molar-refractivity contribution in [2.45, 2.75) is 56.7 Å². The Morgan fingerprint density at radius 2 is 0.821 bits per heavy atom. The molecule has 0 aromatic carbocycles. The average Bonchev–Trinajstić information content (AvgIpc) is 3.30. The van der Waals surface area contributed by atoms with E-state index in [4.69, 9.17) is 15.3 Å². The third-order valence-electron chi connectivity index (χ3n) is 3.65. The van der Waals surface area contributed by atoms with Gasteiger partial charge in [0, 0.05) is 0 Å². The number of carboxylic acid groups (broad SMARTS) is 3. The van der Waals surface area contributed by atoms with Crippen molar-refractivity contribution in [1.82, 2.24) is 0 Å². The molecule has 3 aliphatic heterocycles. The first-order valence-electron chi connectivity index (χ1n) is 7.99. The molecule has 0 saturated carbocycles. The fourth-order valence-corrected chi connectivity index (χ4v) is 2.23. The van der Waals surface area contributed by atoms with E-state index in [0.717, 1.165) is 0 Å². The number of aliphatic carboxylic acids is 3. The quantitative estimate of drug-likeness (QED) is 0.443. The average molecular weight is 552 g/mol. The van der Waals surface area contributed by atoms with Crippen molar-refractivity contribution in [3.8, 4) is 0 Å². The van der Waals surface area contributed by atoms with Crippen LogP contribution in [-0.4, -0.2) is 69.1 Å². The van der Waals surface area contributed by atoms with E-state index in [1.807, 2.05) is 0 Å². The number of carbonyl (C=O) groups is 6. The number of carbonyl (C=O) groups excluding carboxylic acids is 3. The van der Waals surface area contributed by atoms with Crippen LogP contribution in [0.2, 0.25) is 0 Å². The van der Waals surface area contributed by atoms with Gasteiger partial charge < -0.3 is 45.7 Å². The van der Waals surface area contributed by atoms with Gasteiger partial charge in [0.2, 0.25) is 0 Å². The Hall–Kier alpha value is -1.93. The maximum atomic E-state index is 10.3. The minimum atomic E-state index is -0.999. The molecular weight excluding hydrogens is 533 g/mol. The van der Waals surface area contributed by atoms with Crippen LogP contribution in [-0.2, 0) is 28.8 Å². The Labute approximate surface area is 189 Å². The second kappa shape index (κ2) is 12.5. The van der Waals surface area contributed by atoms with Crippen molar-refractivity contribution in [2.75, 3.05) is 0 Å². The van der Waals surface area contributed by atoms with Crippen molar-refractivity contribution in [2.24, 2.45) is 0 Å². The minimum absolute atomic E-state index is 0. The Balaban J connectivity index is 0.000000384. The zero-order chi connectivity index (χ0) is 20.6. The summed E-state index contributed by atoms with van der Waals surface area (Å²) in [6.45, 7) is 0. The van der Waals surface area contributed by atoms with Gasteiger partial charge in [-0.2, -0.15) is 0 Å². The fraction of sp³-hybridized carbons (Fsp3) is 0.600. The molecule has 3 fully saturated rings. The van der Waals surface area contributed by atoms with E-state index in [0.29, 0.717) is 19.3 Å². The van der Waals surface area contributed by atoms with Crippen LogP contribution in [0.4, 0.5) is 0 Å². The largest absolute Gasteiger partial charge is 3.00 e. The Kier molecular flexibility index (Phi) is 11.6. The van der Waals surface area contributed by atoms with Crippen molar-refractivity contribution in [3.63, 3.8) is 0 Å². The SMILES string of the molecule is O=C1CCC(C(=O)O)[N-]1.O=C1CCC(C(=O)O)[N-]1.O=C1CCC(C(=O)O)[N-]1.[Er+3]. The molecule has 3 unspecified atom stereocenters. The van der Waals surface area contributed by atoms with Crippen molar-refractivity contribution in [3.05, 3.63) is 16.0 Å². The summed E-state index contributed by atoms with van der Waals surface area (Å²) in [5.74, 6) is -3.87. The van der Waals surface area contributed by atoms with Crippen LogP contribution in [0.15, 0.2) is 0 Å². The van der Waals surface area contributed by atoms with Crippen LogP contribution in [0.5, 0.6) is 0 Å². The normalized spacial score (nSPS) is 24.9. The molecule has 3 rings (SSSR count). The smallest absolute Gasteiger partial charge is 0.642 e. The fourth-order valence-electron chi connectivity index (χ4n) is 2.23. The number of hydrogen-bond acceptors (Lipinski definition) is 6. The number of hydrogen-bond donors (Lipinski definition) is 3. The summed E-state index contributed by atoms with van der Waals surface area (Å²) in [6, 6.07) is -2.30. The molecule has 159 valence electrons. The predicted molar refractivity (Wildman–Crippen MR) is 87.1 cm³/mol. The maximum absolute atomic E-state index is 10.3. The predicted octanol–water partition coefficient (Wildman–Crippen LogP) is 0.401. The van der Waals surface area contributed by atoms with Crippen LogP contribution in [0.1, 0.15) is 38.5 Å². The second-order valence-corrected chi connectivity index (χ2v) is 5.75. The molecular formula is C15H18ErN3O9. The van der Waals surface area contributed by atoms with Crippen molar-refractivity contribution >= 4 is 35.6 Å². The monoisotopic (exact) mass is 550 g/mol. The molecule has 0 bridgehead atoms. The van der Waals surface area contributed by atoms with Crippen LogP contribution in [0.3, 0.4) is 0 Å². The summed E-state index contributed by atoms with van der Waals surface area (Å²) in [7, 11) is 0. The first-order chi connectivity index (χ1) is 12.6. The molecule has 12 nitrogen and oxygen atoms in total. The van der Waals surface area contributed by atoms with Gasteiger partial charge in [0.1, 0.15) is 0 Å². The second-order valence-electron chi connectivity index (χ2n) is 5.75. The van der Waals surface area contributed by atoms with Crippen LogP contribution >= 0.6 is 0 Å². The summed E-state index contributed by atoms with van der Waals surface area (Å²) < 4.78 is 0. The molecule has 0 aromatic rings. The first-order valence-corrected chi connectivity index (χ1v) is 7.99. The van der Waals surface area contributed by atoms with Crippen LogP contribution in [0.25, 0.3) is 16.0 Å². The standard InChI is InChI=1S/3C5H7NO3.Er/c3*7-4-2-1-3(6-4)5(8)9;/h3*3H,1-2H2,(H2,6,7,8,9);/q;;;+3/p-3. The topological polar surface area (TPSA) is 205 Å². The molecule has 3 aliphatic rings. The third-order valence-corrected chi connectivity index (χ3v) is 3.65. The van der Waals surface area contributed by atoms with Gasteiger partial charge in [0.25, 0.3) is 17.9 Å². The summed E-state index contributed by atoms with van der Waals surface area (Å²) in [5.41, 5.74) is 0. The Morgan fingerprint density at radius 1 is 0.607 bits per heavy atom. The van der Waals surface area contributed by atoms with E-state index < -0.39 is 36.0 Å². The zero-order valence-corrected chi connectivity index (χ0v) is 16.2. The van der Waals surface area contributed by atoms with Gasteiger partial charge in [-0.1, -0.05) is 19.3 Å². The molecule has 0 spiro atoms.